The summed E-state index contributed by atoms with van der Waals surface area (Å²) < 4.78 is 10.2. The number of benzene rings is 2. The number of rotatable bonds is 6. The molecule has 0 aromatic heterocycles. The van der Waals surface area contributed by atoms with Crippen molar-refractivity contribution < 1.29 is 29.0 Å². The molecule has 0 atom stereocenters. The van der Waals surface area contributed by atoms with E-state index in [0.29, 0.717) is 5.75 Å². The molecule has 0 unspecified atom stereocenters. The van der Waals surface area contributed by atoms with E-state index in [1.807, 2.05) is 6.92 Å². The van der Waals surface area contributed by atoms with Gasteiger partial charge in [-0.15, -0.1) is 0 Å². The van der Waals surface area contributed by atoms with E-state index < -0.39 is 18.4 Å². The third-order valence-electron chi connectivity index (χ3n) is 3.61. The molecule has 0 saturated carbocycles. The van der Waals surface area contributed by atoms with E-state index in [-0.39, 0.29) is 28.5 Å². The number of phenols is 1. The minimum Gasteiger partial charge on any atom is -0.506 e. The molecule has 0 fully saturated rings. The minimum absolute atomic E-state index is 0.109. The number of amides is 1. The molecule has 0 heterocycles. The van der Waals surface area contributed by atoms with E-state index in [1.165, 1.54) is 38.3 Å². The quantitative estimate of drug-likeness (QED) is 0.468. The highest BCUT2D eigenvalue weighted by Crippen LogP contribution is 2.24. The Balaban J connectivity index is 2.06. The van der Waals surface area contributed by atoms with Gasteiger partial charge in [0.1, 0.15) is 11.5 Å². The molecule has 7 nitrogen and oxygen atoms in total. The molecule has 0 bridgehead atoms. The van der Waals surface area contributed by atoms with Crippen LogP contribution >= 0.6 is 0 Å². The highest BCUT2D eigenvalue weighted by molar-refractivity contribution is 6.01. The van der Waals surface area contributed by atoms with Gasteiger partial charge in [-0.25, -0.2) is 4.79 Å². The Kier molecular flexibility index (Phi) is 5.95. The van der Waals surface area contributed by atoms with Crippen molar-refractivity contribution in [2.45, 2.75) is 13.8 Å². The predicted octanol–water partition coefficient (Wildman–Crippen LogP) is 2.71. The number of carbonyl (C=O) groups is 3. The molecule has 2 rings (SSSR count). The number of ether oxygens (including phenoxy) is 2. The molecule has 26 heavy (non-hydrogen) atoms. The molecule has 2 aromatic rings. The lowest BCUT2D eigenvalue weighted by Crippen LogP contribution is -2.15. The van der Waals surface area contributed by atoms with Crippen molar-refractivity contribution >= 4 is 23.3 Å². The number of esters is 1. The number of methoxy groups -OCH3 is 1. The Labute approximate surface area is 150 Å². The summed E-state index contributed by atoms with van der Waals surface area (Å²) in [7, 11) is 1.50. The lowest BCUT2D eigenvalue weighted by atomic mass is 10.1. The van der Waals surface area contributed by atoms with Crippen LogP contribution in [0, 0.1) is 6.92 Å². The van der Waals surface area contributed by atoms with Crippen LogP contribution in [-0.4, -0.2) is 36.5 Å². The van der Waals surface area contributed by atoms with E-state index in [1.54, 1.807) is 12.1 Å². The van der Waals surface area contributed by atoms with Crippen LogP contribution in [0.1, 0.15) is 33.2 Å². The maximum atomic E-state index is 12.2. The summed E-state index contributed by atoms with van der Waals surface area (Å²) in [6.45, 7) is 2.65. The number of anilines is 1. The first-order chi connectivity index (χ1) is 12.3. The highest BCUT2D eigenvalue weighted by atomic mass is 16.5. The number of phenolic OH excluding ortho intramolecular Hbond substituents is 1. The summed E-state index contributed by atoms with van der Waals surface area (Å²) in [6.07, 6.45) is 0. The molecule has 136 valence electrons. The lowest BCUT2D eigenvalue weighted by Gasteiger charge is -2.09. The van der Waals surface area contributed by atoms with E-state index in [9.17, 15) is 19.5 Å². The van der Waals surface area contributed by atoms with Crippen molar-refractivity contribution in [2.24, 2.45) is 0 Å². The van der Waals surface area contributed by atoms with E-state index >= 15 is 0 Å². The van der Waals surface area contributed by atoms with Crippen LogP contribution in [0.25, 0.3) is 0 Å². The van der Waals surface area contributed by atoms with Crippen LogP contribution in [0.5, 0.6) is 11.5 Å². The van der Waals surface area contributed by atoms with Gasteiger partial charge in [0.15, 0.2) is 12.4 Å². The van der Waals surface area contributed by atoms with Gasteiger partial charge < -0.3 is 19.9 Å². The van der Waals surface area contributed by atoms with E-state index in [4.69, 9.17) is 9.47 Å². The third kappa shape index (κ3) is 4.60. The maximum Gasteiger partial charge on any atom is 0.338 e. The van der Waals surface area contributed by atoms with Crippen molar-refractivity contribution in [3.63, 3.8) is 0 Å². The van der Waals surface area contributed by atoms with Crippen LogP contribution in [0.3, 0.4) is 0 Å². The Morgan fingerprint density at radius 2 is 1.77 bits per heavy atom. The van der Waals surface area contributed by atoms with Crippen molar-refractivity contribution in [3.05, 3.63) is 53.1 Å². The summed E-state index contributed by atoms with van der Waals surface area (Å²) in [6, 6.07) is 8.83. The van der Waals surface area contributed by atoms with Crippen molar-refractivity contribution in [1.82, 2.24) is 0 Å². The van der Waals surface area contributed by atoms with Gasteiger partial charge in [-0.05, 0) is 42.8 Å². The Bertz CT molecular complexity index is 859. The molecular formula is C19H19NO6. The monoisotopic (exact) mass is 357 g/mol. The first-order valence-corrected chi connectivity index (χ1v) is 7.77. The summed E-state index contributed by atoms with van der Waals surface area (Å²) >= 11 is 0. The Morgan fingerprint density at radius 3 is 2.42 bits per heavy atom. The standard InChI is InChI=1S/C19H19NO6/c1-11-4-5-14(9-18(11)25-3)19(24)26-10-17(23)13-6-7-16(22)15(8-13)20-12(2)21/h4-9,22H,10H2,1-3H3,(H,20,21). The van der Waals surface area contributed by atoms with Gasteiger partial charge in [0.25, 0.3) is 0 Å². The number of ketones is 1. The van der Waals surface area contributed by atoms with Gasteiger partial charge in [0.2, 0.25) is 5.91 Å². The average molecular weight is 357 g/mol. The molecule has 0 aliphatic heterocycles. The Morgan fingerprint density at radius 1 is 1.08 bits per heavy atom. The maximum absolute atomic E-state index is 12.2. The number of aromatic hydroxyl groups is 1. The van der Waals surface area contributed by atoms with Crippen LogP contribution in [0.15, 0.2) is 36.4 Å². The summed E-state index contributed by atoms with van der Waals surface area (Å²) in [4.78, 5) is 35.4. The topological polar surface area (TPSA) is 102 Å². The van der Waals surface area contributed by atoms with Crippen molar-refractivity contribution in [2.75, 3.05) is 19.0 Å². The number of carbonyl (C=O) groups excluding carboxylic acids is 3. The van der Waals surface area contributed by atoms with Gasteiger partial charge in [-0.3, -0.25) is 9.59 Å². The molecule has 7 heteroatoms. The predicted molar refractivity (Wildman–Crippen MR) is 94.8 cm³/mol. The van der Waals surface area contributed by atoms with E-state index in [0.717, 1.165) is 5.56 Å². The van der Waals surface area contributed by atoms with Crippen LogP contribution in [-0.2, 0) is 9.53 Å². The zero-order valence-electron chi connectivity index (χ0n) is 14.7. The molecule has 0 aliphatic carbocycles. The normalized spacial score (nSPS) is 10.1. The van der Waals surface area contributed by atoms with Crippen LogP contribution in [0.4, 0.5) is 5.69 Å². The summed E-state index contributed by atoms with van der Waals surface area (Å²) in [5, 5.41) is 12.1. The second-order valence-electron chi connectivity index (χ2n) is 5.60. The number of aryl methyl sites for hydroxylation is 1. The third-order valence-corrected chi connectivity index (χ3v) is 3.61. The van der Waals surface area contributed by atoms with Gasteiger partial charge in [0.05, 0.1) is 18.4 Å². The first-order valence-electron chi connectivity index (χ1n) is 7.77. The number of hydrogen-bond donors (Lipinski definition) is 2. The van der Waals surface area contributed by atoms with Crippen molar-refractivity contribution in [3.8, 4) is 11.5 Å². The fourth-order valence-corrected chi connectivity index (χ4v) is 2.24. The Hall–Kier alpha value is -3.35. The average Bonchev–Trinajstić information content (AvgIpc) is 2.61. The number of nitrogens with one attached hydrogen (secondary N) is 1. The highest BCUT2D eigenvalue weighted by Gasteiger charge is 2.15. The van der Waals surface area contributed by atoms with Crippen molar-refractivity contribution in [1.29, 1.82) is 0 Å². The minimum atomic E-state index is -0.655. The molecule has 0 aliphatic rings. The van der Waals surface area contributed by atoms with Gasteiger partial charge in [-0.2, -0.15) is 0 Å². The van der Waals surface area contributed by atoms with E-state index in [2.05, 4.69) is 5.32 Å². The second kappa shape index (κ2) is 8.15. The lowest BCUT2D eigenvalue weighted by molar-refractivity contribution is -0.114. The fourth-order valence-electron chi connectivity index (χ4n) is 2.24. The molecule has 2 aromatic carbocycles. The molecule has 0 radical (unpaired) electrons. The van der Waals surface area contributed by atoms with Gasteiger partial charge >= 0.3 is 5.97 Å². The molecule has 1 amide bonds. The van der Waals surface area contributed by atoms with Gasteiger partial charge in [-0.1, -0.05) is 6.07 Å². The van der Waals surface area contributed by atoms with Crippen LogP contribution in [0.2, 0.25) is 0 Å². The summed E-state index contributed by atoms with van der Waals surface area (Å²) in [5.74, 6) is -1.13. The molecule has 0 saturated heterocycles. The van der Waals surface area contributed by atoms with Crippen LogP contribution < -0.4 is 10.1 Å². The SMILES string of the molecule is COc1cc(C(=O)OCC(=O)c2ccc(O)c(NC(C)=O)c2)ccc1C. The zero-order valence-corrected chi connectivity index (χ0v) is 14.7. The number of hydrogen-bond acceptors (Lipinski definition) is 6. The molecule has 2 N–H and O–H groups in total. The van der Waals surface area contributed by atoms with Gasteiger partial charge in [0, 0.05) is 12.5 Å². The largest absolute Gasteiger partial charge is 0.506 e. The smallest absolute Gasteiger partial charge is 0.338 e. The molecule has 0 spiro atoms. The fraction of sp³-hybridized carbons (Fsp3) is 0.211. The number of Topliss-reactive ketones (excluding diaryl/α,β-unsaturated/α-hetero) is 1. The first kappa shape index (κ1) is 19.0. The summed E-state index contributed by atoms with van der Waals surface area (Å²) in [5.41, 5.74) is 1.44. The molecular weight excluding hydrogens is 338 g/mol. The zero-order chi connectivity index (χ0) is 19.3. The second-order valence-corrected chi connectivity index (χ2v) is 5.60.